The maximum atomic E-state index is 13.1. The summed E-state index contributed by atoms with van der Waals surface area (Å²) in [5.41, 5.74) is 2.33. The zero-order valence-corrected chi connectivity index (χ0v) is 19.5. The van der Waals surface area contributed by atoms with E-state index in [0.717, 1.165) is 11.1 Å². The molecule has 3 aromatic rings. The zero-order chi connectivity index (χ0) is 23.4. The Morgan fingerprint density at radius 3 is 1.82 bits per heavy atom. The summed E-state index contributed by atoms with van der Waals surface area (Å²) in [4.78, 5) is 13.2. The van der Waals surface area contributed by atoms with Gasteiger partial charge in [-0.2, -0.15) is 4.31 Å². The fourth-order valence-corrected chi connectivity index (χ4v) is 5.71. The molecule has 0 aliphatic carbocycles. The van der Waals surface area contributed by atoms with Gasteiger partial charge in [0.05, 0.1) is 23.1 Å². The highest BCUT2D eigenvalue weighted by molar-refractivity contribution is 7.89. The second-order valence-electron chi connectivity index (χ2n) is 8.33. The fourth-order valence-electron chi connectivity index (χ4n) is 4.12. The first-order valence-corrected chi connectivity index (χ1v) is 12.4. The van der Waals surface area contributed by atoms with Crippen molar-refractivity contribution < 1.29 is 17.9 Å². The largest absolute Gasteiger partial charge is 0.373 e. The first-order chi connectivity index (χ1) is 15.8. The average Bonchev–Trinajstić information content (AvgIpc) is 2.83. The third-order valence-electron chi connectivity index (χ3n) is 5.68. The van der Waals surface area contributed by atoms with Crippen molar-refractivity contribution in [2.75, 3.05) is 13.1 Å². The topological polar surface area (TPSA) is 75.7 Å². The molecule has 0 unspecified atom stereocenters. The highest BCUT2D eigenvalue weighted by Crippen LogP contribution is 2.24. The van der Waals surface area contributed by atoms with E-state index >= 15 is 0 Å². The smallest absolute Gasteiger partial charge is 0.252 e. The van der Waals surface area contributed by atoms with Gasteiger partial charge in [-0.1, -0.05) is 60.7 Å². The number of hydrogen-bond donors (Lipinski definition) is 1. The molecule has 1 saturated heterocycles. The van der Waals surface area contributed by atoms with Crippen molar-refractivity contribution in [2.45, 2.75) is 37.0 Å². The molecular weight excluding hydrogens is 436 g/mol. The predicted molar refractivity (Wildman–Crippen MR) is 127 cm³/mol. The number of hydrogen-bond acceptors (Lipinski definition) is 4. The summed E-state index contributed by atoms with van der Waals surface area (Å²) < 4.78 is 33.2. The Bertz CT molecular complexity index is 1130. The number of morpholine rings is 1. The van der Waals surface area contributed by atoms with Crippen LogP contribution in [0, 0.1) is 0 Å². The van der Waals surface area contributed by atoms with E-state index in [1.54, 1.807) is 12.1 Å². The van der Waals surface area contributed by atoms with Gasteiger partial charge in [0.1, 0.15) is 0 Å². The number of nitrogens with one attached hydrogen (secondary N) is 1. The van der Waals surface area contributed by atoms with Crippen LogP contribution in [0.25, 0.3) is 0 Å². The summed E-state index contributed by atoms with van der Waals surface area (Å²) in [5.74, 6) is -0.273. The van der Waals surface area contributed by atoms with Gasteiger partial charge in [-0.15, -0.1) is 0 Å². The van der Waals surface area contributed by atoms with E-state index in [9.17, 15) is 13.2 Å². The van der Waals surface area contributed by atoms with Crippen LogP contribution in [0.5, 0.6) is 0 Å². The minimum absolute atomic E-state index is 0.165. The molecule has 33 heavy (non-hydrogen) atoms. The molecule has 0 bridgehead atoms. The Morgan fingerprint density at radius 2 is 1.33 bits per heavy atom. The molecule has 1 N–H and O–H groups in total. The summed E-state index contributed by atoms with van der Waals surface area (Å²) >= 11 is 0. The molecule has 172 valence electrons. The van der Waals surface area contributed by atoms with Crippen LogP contribution < -0.4 is 5.32 Å². The lowest BCUT2D eigenvalue weighted by molar-refractivity contribution is -0.0440. The Labute approximate surface area is 195 Å². The second-order valence-corrected chi connectivity index (χ2v) is 10.3. The lowest BCUT2D eigenvalue weighted by Gasteiger charge is -2.34. The van der Waals surface area contributed by atoms with Gasteiger partial charge < -0.3 is 10.1 Å². The number of carbonyl (C=O) groups excluding carboxylic acids is 1. The van der Waals surface area contributed by atoms with Gasteiger partial charge in [-0.3, -0.25) is 4.79 Å². The van der Waals surface area contributed by atoms with Gasteiger partial charge in [0.15, 0.2) is 0 Å². The number of rotatable bonds is 6. The fraction of sp³-hybridized carbons (Fsp3) is 0.269. The third-order valence-corrected chi connectivity index (χ3v) is 7.53. The van der Waals surface area contributed by atoms with E-state index in [2.05, 4.69) is 5.32 Å². The van der Waals surface area contributed by atoms with Crippen molar-refractivity contribution in [3.05, 3.63) is 102 Å². The third kappa shape index (κ3) is 5.33. The van der Waals surface area contributed by atoms with Crippen molar-refractivity contribution in [3.63, 3.8) is 0 Å². The molecular formula is C26H28N2O4S. The molecule has 0 radical (unpaired) electrons. The van der Waals surface area contributed by atoms with E-state index in [-0.39, 0.29) is 29.1 Å². The SMILES string of the molecule is C[C@@H]1CN(S(=O)(=O)c2ccc(C(=O)NC(c3ccccc3)c3ccccc3)cc2)C[C@H](C)O1. The van der Waals surface area contributed by atoms with Crippen LogP contribution in [-0.2, 0) is 14.8 Å². The van der Waals surface area contributed by atoms with Crippen molar-refractivity contribution in [3.8, 4) is 0 Å². The molecule has 0 spiro atoms. The van der Waals surface area contributed by atoms with Crippen molar-refractivity contribution in [2.24, 2.45) is 0 Å². The number of benzene rings is 3. The summed E-state index contributed by atoms with van der Waals surface area (Å²) in [5, 5.41) is 3.08. The lowest BCUT2D eigenvalue weighted by Crippen LogP contribution is -2.48. The molecule has 3 aromatic carbocycles. The molecule has 7 heteroatoms. The minimum atomic E-state index is -3.66. The average molecular weight is 465 g/mol. The first kappa shape index (κ1) is 23.2. The normalized spacial score (nSPS) is 19.4. The Hall–Kier alpha value is -3.00. The molecule has 0 saturated carbocycles. The maximum Gasteiger partial charge on any atom is 0.252 e. The number of sulfonamides is 1. The van der Waals surface area contributed by atoms with Crippen LogP contribution in [0.4, 0.5) is 0 Å². The molecule has 6 nitrogen and oxygen atoms in total. The predicted octanol–water partition coefficient (Wildman–Crippen LogP) is 4.00. The molecule has 1 fully saturated rings. The molecule has 1 aliphatic rings. The van der Waals surface area contributed by atoms with Gasteiger partial charge in [0, 0.05) is 18.7 Å². The van der Waals surface area contributed by atoms with Crippen LogP contribution in [0.15, 0.2) is 89.8 Å². The van der Waals surface area contributed by atoms with E-state index < -0.39 is 10.0 Å². The van der Waals surface area contributed by atoms with Gasteiger partial charge in [-0.25, -0.2) is 8.42 Å². The van der Waals surface area contributed by atoms with Crippen molar-refractivity contribution in [1.82, 2.24) is 9.62 Å². The Morgan fingerprint density at radius 1 is 0.848 bits per heavy atom. The zero-order valence-electron chi connectivity index (χ0n) is 18.7. The van der Waals surface area contributed by atoms with E-state index in [1.807, 2.05) is 74.5 Å². The van der Waals surface area contributed by atoms with Crippen LogP contribution in [0.2, 0.25) is 0 Å². The molecule has 1 heterocycles. The van der Waals surface area contributed by atoms with E-state index in [4.69, 9.17) is 4.74 Å². The number of carbonyl (C=O) groups is 1. The lowest BCUT2D eigenvalue weighted by atomic mass is 9.98. The van der Waals surface area contributed by atoms with Gasteiger partial charge in [-0.05, 0) is 49.2 Å². The molecule has 1 amide bonds. The highest BCUT2D eigenvalue weighted by Gasteiger charge is 2.32. The first-order valence-electron chi connectivity index (χ1n) is 11.0. The summed E-state index contributed by atoms with van der Waals surface area (Å²) in [6.45, 7) is 4.35. The summed E-state index contributed by atoms with van der Waals surface area (Å²) in [7, 11) is -3.66. The second kappa shape index (κ2) is 9.87. The van der Waals surface area contributed by atoms with E-state index in [0.29, 0.717) is 18.7 Å². The number of amides is 1. The molecule has 0 aromatic heterocycles. The molecule has 2 atom stereocenters. The minimum Gasteiger partial charge on any atom is -0.373 e. The monoisotopic (exact) mass is 464 g/mol. The quantitative estimate of drug-likeness (QED) is 0.598. The maximum absolute atomic E-state index is 13.1. The standard InChI is InChI=1S/C26H28N2O4S/c1-19-17-28(18-20(2)32-19)33(30,31)24-15-13-23(14-16-24)26(29)27-25(21-9-5-3-6-10-21)22-11-7-4-8-12-22/h3-16,19-20,25H,17-18H2,1-2H3,(H,27,29)/t19-,20+. The van der Waals surface area contributed by atoms with Gasteiger partial charge in [0.2, 0.25) is 10.0 Å². The van der Waals surface area contributed by atoms with Crippen molar-refractivity contribution in [1.29, 1.82) is 0 Å². The molecule has 1 aliphatic heterocycles. The van der Waals surface area contributed by atoms with Crippen molar-refractivity contribution >= 4 is 15.9 Å². The number of ether oxygens (including phenoxy) is 1. The Kier molecular flexibility index (Phi) is 6.93. The van der Waals surface area contributed by atoms with Crippen LogP contribution in [0.1, 0.15) is 41.4 Å². The summed E-state index contributed by atoms with van der Waals surface area (Å²) in [6.07, 6.45) is -0.331. The van der Waals surface area contributed by atoms with Crippen LogP contribution >= 0.6 is 0 Å². The van der Waals surface area contributed by atoms with Gasteiger partial charge >= 0.3 is 0 Å². The van der Waals surface area contributed by atoms with E-state index in [1.165, 1.54) is 16.4 Å². The highest BCUT2D eigenvalue weighted by atomic mass is 32.2. The number of nitrogens with zero attached hydrogens (tertiary/aromatic N) is 1. The van der Waals surface area contributed by atoms with Gasteiger partial charge in [0.25, 0.3) is 5.91 Å². The van der Waals surface area contributed by atoms with Crippen LogP contribution in [-0.4, -0.2) is 43.9 Å². The summed E-state index contributed by atoms with van der Waals surface area (Å²) in [6, 6.07) is 25.3. The Balaban J connectivity index is 1.54. The molecule has 4 rings (SSSR count). The van der Waals surface area contributed by atoms with Crippen LogP contribution in [0.3, 0.4) is 0 Å².